The predicted octanol–water partition coefficient (Wildman–Crippen LogP) is 0.133. The Hall–Kier alpha value is -1.74. The van der Waals surface area contributed by atoms with Crippen LogP contribution in [-0.4, -0.2) is 116 Å². The maximum atomic E-state index is 13.3. The summed E-state index contributed by atoms with van der Waals surface area (Å²) in [5.41, 5.74) is -1.81. The van der Waals surface area contributed by atoms with E-state index in [1.807, 2.05) is 6.92 Å². The van der Waals surface area contributed by atoms with Crippen molar-refractivity contribution in [3.05, 3.63) is 23.3 Å². The molecule has 0 amide bonds. The molecule has 0 aromatic rings. The molecule has 12 nitrogen and oxygen atoms in total. The number of aliphatic hydroxyl groups excluding tert-OH is 6. The summed E-state index contributed by atoms with van der Waals surface area (Å²) in [5, 5.41) is 73.5. The van der Waals surface area contributed by atoms with Crippen molar-refractivity contribution in [3.8, 4) is 0 Å². The summed E-state index contributed by atoms with van der Waals surface area (Å²) < 4.78 is 17.0. The summed E-state index contributed by atoms with van der Waals surface area (Å²) in [6.45, 7) is 4.81. The zero-order valence-electron chi connectivity index (χ0n) is 26.8. The number of esters is 1. The van der Waals surface area contributed by atoms with Gasteiger partial charge in [0.1, 0.15) is 36.1 Å². The van der Waals surface area contributed by atoms with Gasteiger partial charge < -0.3 is 50.0 Å². The number of ketones is 1. The summed E-state index contributed by atoms with van der Waals surface area (Å²) in [5.74, 6) is -0.867. The second kappa shape index (κ2) is 12.3. The van der Waals surface area contributed by atoms with Crippen LogP contribution in [0.3, 0.4) is 0 Å². The SMILES string of the molecule is CC1=C(CO[C@@H]2O[C@H](CO)[C@@H](O)[C@H](O)[C@H]2O)C(=O)O[C@@H]([C@@H](CO)[C@H]2CC[C@@H]3[C@@H]4C[C@@H](O)[C@@]5(O)CC=CC(=O)[C@]5(C)[C@H]4CC[C@]23C)C1. The van der Waals surface area contributed by atoms with E-state index < -0.39 is 66.5 Å². The van der Waals surface area contributed by atoms with E-state index in [-0.39, 0.29) is 66.0 Å². The minimum Gasteiger partial charge on any atom is -0.458 e. The van der Waals surface area contributed by atoms with E-state index in [4.69, 9.17) is 14.2 Å². The third kappa shape index (κ3) is 4.97. The van der Waals surface area contributed by atoms with Gasteiger partial charge in [0, 0.05) is 18.9 Å². The van der Waals surface area contributed by atoms with Crippen molar-refractivity contribution in [2.45, 2.75) is 114 Å². The van der Waals surface area contributed by atoms with Crippen LogP contribution < -0.4 is 0 Å². The molecule has 6 aliphatic rings. The lowest BCUT2D eigenvalue weighted by atomic mass is 9.43. The van der Waals surface area contributed by atoms with Crippen LogP contribution in [0.15, 0.2) is 23.3 Å². The molecule has 3 saturated carbocycles. The number of rotatable bonds is 7. The van der Waals surface area contributed by atoms with Crippen molar-refractivity contribution in [1.29, 1.82) is 0 Å². The van der Waals surface area contributed by atoms with Crippen molar-refractivity contribution in [1.82, 2.24) is 0 Å². The maximum absolute atomic E-state index is 13.3. The minimum absolute atomic E-state index is 0.0358. The topological polar surface area (TPSA) is 203 Å². The number of cyclic esters (lactones) is 1. The molecule has 0 bridgehead atoms. The molecule has 12 heteroatoms. The number of carbonyl (C=O) groups is 2. The zero-order chi connectivity index (χ0) is 33.3. The number of ether oxygens (including phenoxy) is 3. The molecule has 2 aliphatic heterocycles. The van der Waals surface area contributed by atoms with Crippen LogP contribution in [0, 0.1) is 40.4 Å². The first-order valence-corrected chi connectivity index (χ1v) is 16.8. The van der Waals surface area contributed by atoms with Gasteiger partial charge in [0.2, 0.25) is 0 Å². The lowest BCUT2D eigenvalue weighted by molar-refractivity contribution is -0.299. The highest BCUT2D eigenvalue weighted by Gasteiger charge is 2.69. The molecule has 0 spiro atoms. The van der Waals surface area contributed by atoms with Gasteiger partial charge in [0.15, 0.2) is 12.1 Å². The Morgan fingerprint density at radius 3 is 2.43 bits per heavy atom. The molecular formula is C34H50O12. The standard InChI is InChI=1S/C34H50O12/c1-16-11-23(45-30(42)19(16)15-44-31-29(41)28(40)27(39)24(14-36)46-31)18(13-35)21-7-6-20-17-12-26(38)34(43)9-4-5-25(37)33(34,3)22(17)8-10-32(20,21)2/h4-5,17-18,20-24,26-29,31,35-36,38-41,43H,6-15H2,1-3H3/t17-,18-,20+,21+,22-,23+,24+,26+,27+,28-,29+,31+,32-,33-,34-/m0/s1. The van der Waals surface area contributed by atoms with Gasteiger partial charge in [-0.25, -0.2) is 4.79 Å². The molecule has 15 atom stereocenters. The lowest BCUT2D eigenvalue weighted by Crippen LogP contribution is -2.69. The second-order valence-corrected chi connectivity index (χ2v) is 15.2. The summed E-state index contributed by atoms with van der Waals surface area (Å²) in [6.07, 6.45) is -1.34. The van der Waals surface area contributed by atoms with Crippen LogP contribution in [0.5, 0.6) is 0 Å². The van der Waals surface area contributed by atoms with E-state index >= 15 is 0 Å². The highest BCUT2D eigenvalue weighted by Crippen LogP contribution is 2.68. The molecule has 258 valence electrons. The second-order valence-electron chi connectivity index (χ2n) is 15.2. The van der Waals surface area contributed by atoms with Gasteiger partial charge >= 0.3 is 5.97 Å². The van der Waals surface area contributed by atoms with E-state index in [0.29, 0.717) is 18.4 Å². The van der Waals surface area contributed by atoms with Crippen molar-refractivity contribution >= 4 is 11.8 Å². The quantitative estimate of drug-likeness (QED) is 0.184. The van der Waals surface area contributed by atoms with Crippen molar-refractivity contribution < 1.29 is 59.5 Å². The molecule has 7 N–H and O–H groups in total. The molecule has 4 fully saturated rings. The summed E-state index contributed by atoms with van der Waals surface area (Å²) >= 11 is 0. The molecule has 1 saturated heterocycles. The van der Waals surface area contributed by atoms with Gasteiger partial charge in [0.05, 0.1) is 30.3 Å². The molecule has 46 heavy (non-hydrogen) atoms. The monoisotopic (exact) mass is 650 g/mol. The summed E-state index contributed by atoms with van der Waals surface area (Å²) in [6, 6.07) is 0. The number of allylic oxidation sites excluding steroid dienone is 1. The van der Waals surface area contributed by atoms with Crippen LogP contribution in [0.4, 0.5) is 0 Å². The minimum atomic E-state index is -1.60. The predicted molar refractivity (Wildman–Crippen MR) is 160 cm³/mol. The van der Waals surface area contributed by atoms with Gasteiger partial charge in [-0.15, -0.1) is 0 Å². The first-order chi connectivity index (χ1) is 21.7. The van der Waals surface area contributed by atoms with E-state index in [9.17, 15) is 45.3 Å². The third-order valence-electron chi connectivity index (χ3n) is 13.4. The molecule has 0 radical (unpaired) electrons. The average molecular weight is 651 g/mol. The van der Waals surface area contributed by atoms with E-state index in [1.165, 1.54) is 0 Å². The highest BCUT2D eigenvalue weighted by molar-refractivity contribution is 5.97. The molecule has 6 rings (SSSR count). The molecule has 2 heterocycles. The fourth-order valence-corrected chi connectivity index (χ4v) is 10.6. The maximum Gasteiger partial charge on any atom is 0.336 e. The normalized spacial score (nSPS) is 49.7. The smallest absolute Gasteiger partial charge is 0.336 e. The van der Waals surface area contributed by atoms with E-state index in [0.717, 1.165) is 25.7 Å². The van der Waals surface area contributed by atoms with Gasteiger partial charge in [-0.2, -0.15) is 0 Å². The Labute approximate surface area is 269 Å². The Balaban J connectivity index is 1.17. The average Bonchev–Trinajstić information content (AvgIpc) is 3.36. The number of aliphatic hydroxyl groups is 7. The number of hydrogen-bond acceptors (Lipinski definition) is 12. The Morgan fingerprint density at radius 2 is 1.76 bits per heavy atom. The number of carbonyl (C=O) groups excluding carboxylic acids is 2. The van der Waals surface area contributed by atoms with Crippen LogP contribution in [0.2, 0.25) is 0 Å². The third-order valence-corrected chi connectivity index (χ3v) is 13.4. The molecule has 0 unspecified atom stereocenters. The Bertz CT molecular complexity index is 1260. The zero-order valence-corrected chi connectivity index (χ0v) is 26.8. The van der Waals surface area contributed by atoms with Gasteiger partial charge in [-0.1, -0.05) is 18.6 Å². The number of fused-ring (bicyclic) bond motifs is 5. The van der Waals surface area contributed by atoms with Crippen LogP contribution in [0.25, 0.3) is 0 Å². The van der Waals surface area contributed by atoms with Crippen molar-refractivity contribution in [2.75, 3.05) is 19.8 Å². The fraction of sp³-hybridized carbons (Fsp3) is 0.824. The largest absolute Gasteiger partial charge is 0.458 e. The van der Waals surface area contributed by atoms with Gasteiger partial charge in [-0.3, -0.25) is 4.79 Å². The van der Waals surface area contributed by atoms with Crippen LogP contribution >= 0.6 is 0 Å². The van der Waals surface area contributed by atoms with Crippen molar-refractivity contribution in [2.24, 2.45) is 40.4 Å². The Kier molecular flexibility index (Phi) is 9.13. The Morgan fingerprint density at radius 1 is 1.02 bits per heavy atom. The highest BCUT2D eigenvalue weighted by atomic mass is 16.7. The van der Waals surface area contributed by atoms with E-state index in [1.54, 1.807) is 19.1 Å². The molecule has 0 aromatic carbocycles. The number of hydrogen-bond donors (Lipinski definition) is 7. The van der Waals surface area contributed by atoms with Crippen molar-refractivity contribution in [3.63, 3.8) is 0 Å². The lowest BCUT2D eigenvalue weighted by Gasteiger charge is -2.63. The first kappa shape index (κ1) is 34.1. The molecular weight excluding hydrogens is 600 g/mol. The van der Waals surface area contributed by atoms with E-state index in [2.05, 4.69) is 6.92 Å². The van der Waals surface area contributed by atoms with Gasteiger partial charge in [-0.05, 0) is 87.5 Å². The fourth-order valence-electron chi connectivity index (χ4n) is 10.6. The van der Waals surface area contributed by atoms with Gasteiger partial charge in [0.25, 0.3) is 0 Å². The van der Waals surface area contributed by atoms with Crippen LogP contribution in [-0.2, 0) is 23.8 Å². The first-order valence-electron chi connectivity index (χ1n) is 16.8. The van der Waals surface area contributed by atoms with Crippen LogP contribution in [0.1, 0.15) is 65.7 Å². The molecule has 4 aliphatic carbocycles. The summed E-state index contributed by atoms with van der Waals surface area (Å²) in [4.78, 5) is 26.6. The summed E-state index contributed by atoms with van der Waals surface area (Å²) in [7, 11) is 0. The molecule has 0 aromatic heterocycles.